The van der Waals surface area contributed by atoms with Gasteiger partial charge >= 0.3 is 9.75 Å². The Morgan fingerprint density at radius 2 is 1.80 bits per heavy atom. The Kier molecular flexibility index (Phi) is 4.81. The van der Waals surface area contributed by atoms with E-state index >= 15 is 0 Å². The highest BCUT2D eigenvalue weighted by Gasteiger charge is 2.07. The van der Waals surface area contributed by atoms with Crippen LogP contribution in [0.5, 0.6) is 0 Å². The topological polar surface area (TPSA) is 80.6 Å². The normalized spacial score (nSPS) is 10.6. The van der Waals surface area contributed by atoms with Crippen LogP contribution >= 0.6 is 22.7 Å². The first-order valence-corrected chi connectivity index (χ1v) is 8.51. The zero-order valence-corrected chi connectivity index (χ0v) is 14.2. The zero-order chi connectivity index (χ0) is 18.0. The molecule has 0 saturated carbocycles. The summed E-state index contributed by atoms with van der Waals surface area (Å²) in [6.07, 6.45) is 3.79. The lowest BCUT2D eigenvalue weighted by atomic mass is 10.4. The van der Waals surface area contributed by atoms with Crippen LogP contribution in [0.3, 0.4) is 0 Å². The van der Waals surface area contributed by atoms with E-state index in [1.54, 1.807) is 6.08 Å². The summed E-state index contributed by atoms with van der Waals surface area (Å²) in [5.41, 5.74) is 0.986. The summed E-state index contributed by atoms with van der Waals surface area (Å²) >= 11 is 1.98. The number of allylic oxidation sites excluding steroid dienone is 1. The van der Waals surface area contributed by atoms with Gasteiger partial charge < -0.3 is 4.98 Å². The fraction of sp³-hybridized carbons (Fsp3) is 0.0667. The molecule has 10 heteroatoms. The third-order valence-corrected chi connectivity index (χ3v) is 4.76. The summed E-state index contributed by atoms with van der Waals surface area (Å²) in [4.78, 5) is 32.9. The second-order valence-corrected chi connectivity index (χ2v) is 6.67. The van der Waals surface area contributed by atoms with Crippen molar-refractivity contribution in [2.45, 2.75) is 6.54 Å². The van der Waals surface area contributed by atoms with E-state index in [1.165, 1.54) is 16.7 Å². The first kappa shape index (κ1) is 17.1. The highest BCUT2D eigenvalue weighted by molar-refractivity contribution is 7.16. The SMILES string of the molecule is C=CCn1c(=O)sc2ncc(F)cc21.O=c1[nH]c2cc(F)cnc2s1. The molecule has 4 rings (SSSR count). The third-order valence-electron chi connectivity index (χ3n) is 3.05. The smallest absolute Gasteiger partial charge is 0.309 e. The first-order valence-electron chi connectivity index (χ1n) is 6.88. The summed E-state index contributed by atoms with van der Waals surface area (Å²) in [6.45, 7) is 3.92. The van der Waals surface area contributed by atoms with Gasteiger partial charge in [-0.05, 0) is 0 Å². The lowest BCUT2D eigenvalue weighted by molar-refractivity contribution is 0.622. The number of nitrogens with one attached hydrogen (secondary N) is 1. The van der Waals surface area contributed by atoms with Crippen molar-refractivity contribution in [1.82, 2.24) is 19.5 Å². The van der Waals surface area contributed by atoms with Crippen molar-refractivity contribution in [2.75, 3.05) is 0 Å². The van der Waals surface area contributed by atoms with E-state index in [2.05, 4.69) is 21.5 Å². The predicted octanol–water partition coefficient (Wildman–Crippen LogP) is 2.91. The van der Waals surface area contributed by atoms with E-state index in [0.717, 1.165) is 35.1 Å². The molecule has 0 aliphatic heterocycles. The average molecular weight is 380 g/mol. The van der Waals surface area contributed by atoms with E-state index in [4.69, 9.17) is 0 Å². The molecule has 4 aromatic heterocycles. The van der Waals surface area contributed by atoms with Gasteiger partial charge in [0.15, 0.2) is 0 Å². The van der Waals surface area contributed by atoms with Gasteiger partial charge in [-0.15, -0.1) is 6.58 Å². The van der Waals surface area contributed by atoms with Gasteiger partial charge in [0.25, 0.3) is 0 Å². The maximum atomic E-state index is 12.9. The number of aromatic amines is 1. The van der Waals surface area contributed by atoms with Gasteiger partial charge in [0.1, 0.15) is 21.3 Å². The van der Waals surface area contributed by atoms with Crippen LogP contribution in [-0.4, -0.2) is 19.5 Å². The fourth-order valence-corrected chi connectivity index (χ4v) is 3.54. The third kappa shape index (κ3) is 3.69. The summed E-state index contributed by atoms with van der Waals surface area (Å²) in [7, 11) is 0. The Hall–Kier alpha value is -2.72. The van der Waals surface area contributed by atoms with Crippen molar-refractivity contribution >= 4 is 43.4 Å². The minimum absolute atomic E-state index is 0.141. The molecule has 128 valence electrons. The number of nitrogens with zero attached hydrogens (tertiary/aromatic N) is 3. The molecule has 4 aromatic rings. The molecule has 4 heterocycles. The molecular weight excluding hydrogens is 370 g/mol. The quantitative estimate of drug-likeness (QED) is 0.542. The van der Waals surface area contributed by atoms with Crippen LogP contribution in [0.4, 0.5) is 8.78 Å². The predicted molar refractivity (Wildman–Crippen MR) is 94.2 cm³/mol. The number of rotatable bonds is 2. The highest BCUT2D eigenvalue weighted by Crippen LogP contribution is 2.15. The van der Waals surface area contributed by atoms with Crippen LogP contribution in [0.15, 0.2) is 46.8 Å². The van der Waals surface area contributed by atoms with Crippen LogP contribution in [-0.2, 0) is 6.54 Å². The fourth-order valence-electron chi connectivity index (χ4n) is 2.05. The maximum Gasteiger partial charge on any atom is 0.309 e. The lowest BCUT2D eigenvalue weighted by Gasteiger charge is -1.97. The molecule has 0 unspecified atom stereocenters. The summed E-state index contributed by atoms with van der Waals surface area (Å²) in [5, 5.41) is 0. The standard InChI is InChI=1S/C9H7FN2OS.C6H3FN2OS/c1-2-3-12-7-4-6(10)5-11-8(7)14-9(12)13;7-3-1-4-5(8-2-3)11-6(10)9-4/h2,4-5H,1,3H2;1-2H,(H,9,10). The molecule has 0 bridgehead atoms. The molecule has 0 fully saturated rings. The van der Waals surface area contributed by atoms with E-state index in [-0.39, 0.29) is 9.75 Å². The largest absolute Gasteiger partial charge is 0.311 e. The van der Waals surface area contributed by atoms with E-state index in [0.29, 0.717) is 27.2 Å². The molecular formula is C15H10F2N4O2S2. The van der Waals surface area contributed by atoms with E-state index < -0.39 is 11.6 Å². The molecule has 0 amide bonds. The molecule has 0 spiro atoms. The Morgan fingerprint density at radius 3 is 2.52 bits per heavy atom. The van der Waals surface area contributed by atoms with Gasteiger partial charge in [-0.3, -0.25) is 14.2 Å². The van der Waals surface area contributed by atoms with Crippen LogP contribution in [0, 0.1) is 11.6 Å². The second-order valence-electron chi connectivity index (χ2n) is 4.77. The van der Waals surface area contributed by atoms with E-state index in [1.807, 2.05) is 0 Å². The lowest BCUT2D eigenvalue weighted by Crippen LogP contribution is -2.11. The van der Waals surface area contributed by atoms with Crippen LogP contribution in [0.2, 0.25) is 0 Å². The number of halogens is 2. The second kappa shape index (κ2) is 7.03. The van der Waals surface area contributed by atoms with Crippen LogP contribution < -0.4 is 9.75 Å². The molecule has 6 nitrogen and oxygen atoms in total. The molecule has 0 saturated heterocycles. The highest BCUT2D eigenvalue weighted by atomic mass is 32.1. The van der Waals surface area contributed by atoms with E-state index in [9.17, 15) is 18.4 Å². The number of hydrogen-bond acceptors (Lipinski definition) is 6. The molecule has 0 radical (unpaired) electrons. The number of H-pyrrole nitrogens is 1. The maximum absolute atomic E-state index is 12.9. The van der Waals surface area contributed by atoms with Gasteiger partial charge in [0.05, 0.1) is 23.4 Å². The Labute approximate surface area is 146 Å². The molecule has 0 aliphatic rings. The number of fused-ring (bicyclic) bond motifs is 2. The minimum atomic E-state index is -0.438. The van der Waals surface area contributed by atoms with Crippen LogP contribution in [0.1, 0.15) is 0 Å². The Morgan fingerprint density at radius 1 is 1.12 bits per heavy atom. The summed E-state index contributed by atoms with van der Waals surface area (Å²) in [5.74, 6) is -0.875. The number of thiazole rings is 2. The van der Waals surface area contributed by atoms with Crippen molar-refractivity contribution in [3.05, 3.63) is 68.2 Å². The zero-order valence-electron chi connectivity index (χ0n) is 12.5. The molecule has 0 aromatic carbocycles. The van der Waals surface area contributed by atoms with Crippen molar-refractivity contribution in [3.63, 3.8) is 0 Å². The number of aromatic nitrogens is 4. The molecule has 25 heavy (non-hydrogen) atoms. The molecule has 1 N–H and O–H groups in total. The Balaban J connectivity index is 0.000000150. The Bertz CT molecular complexity index is 1180. The number of pyridine rings is 2. The van der Waals surface area contributed by atoms with Gasteiger partial charge in [0, 0.05) is 18.7 Å². The van der Waals surface area contributed by atoms with Crippen molar-refractivity contribution in [2.24, 2.45) is 0 Å². The van der Waals surface area contributed by atoms with Crippen LogP contribution in [0.25, 0.3) is 20.7 Å². The van der Waals surface area contributed by atoms with Gasteiger partial charge in [-0.2, -0.15) is 0 Å². The van der Waals surface area contributed by atoms with Crippen molar-refractivity contribution in [3.8, 4) is 0 Å². The van der Waals surface area contributed by atoms with Gasteiger partial charge in [-0.25, -0.2) is 18.7 Å². The summed E-state index contributed by atoms with van der Waals surface area (Å²) < 4.78 is 26.8. The number of hydrogen-bond donors (Lipinski definition) is 1. The van der Waals surface area contributed by atoms with Crippen molar-refractivity contribution in [1.29, 1.82) is 0 Å². The average Bonchev–Trinajstić information content (AvgIpc) is 3.07. The van der Waals surface area contributed by atoms with Gasteiger partial charge in [0.2, 0.25) is 0 Å². The molecule has 0 atom stereocenters. The van der Waals surface area contributed by atoms with Gasteiger partial charge in [-0.1, -0.05) is 28.7 Å². The van der Waals surface area contributed by atoms with Crippen molar-refractivity contribution < 1.29 is 8.78 Å². The minimum Gasteiger partial charge on any atom is -0.311 e. The molecule has 0 aliphatic carbocycles. The monoisotopic (exact) mass is 380 g/mol. The summed E-state index contributed by atoms with van der Waals surface area (Å²) in [6, 6.07) is 2.56. The first-order chi connectivity index (χ1) is 12.0.